The van der Waals surface area contributed by atoms with Crippen molar-refractivity contribution >= 4 is 11.8 Å². The van der Waals surface area contributed by atoms with Gasteiger partial charge in [0.2, 0.25) is 5.91 Å². The summed E-state index contributed by atoms with van der Waals surface area (Å²) in [6.07, 6.45) is 2.97. The van der Waals surface area contributed by atoms with Crippen molar-refractivity contribution in [2.75, 3.05) is 33.5 Å². The van der Waals surface area contributed by atoms with Crippen molar-refractivity contribution in [3.05, 3.63) is 23.8 Å². The van der Waals surface area contributed by atoms with Crippen LogP contribution in [0.25, 0.3) is 0 Å². The summed E-state index contributed by atoms with van der Waals surface area (Å²) in [5, 5.41) is 0. The Labute approximate surface area is 111 Å². The van der Waals surface area contributed by atoms with Crippen LogP contribution >= 0.6 is 0 Å². The zero-order valence-electron chi connectivity index (χ0n) is 11.0. The second-order valence-electron chi connectivity index (χ2n) is 4.34. The molecule has 0 saturated carbocycles. The van der Waals surface area contributed by atoms with Crippen molar-refractivity contribution in [2.45, 2.75) is 6.92 Å². The molecule has 0 spiro atoms. The number of methoxy groups -OCH3 is 1. The van der Waals surface area contributed by atoms with Crippen molar-refractivity contribution in [1.82, 2.24) is 19.8 Å². The molecule has 2 heterocycles. The molecule has 0 bridgehead atoms. The van der Waals surface area contributed by atoms with Crippen molar-refractivity contribution < 1.29 is 14.3 Å². The molecule has 0 atom stereocenters. The number of carbonyl (C=O) groups is 2. The number of rotatable bonds is 4. The molecular weight excluding hydrogens is 248 g/mol. The van der Waals surface area contributed by atoms with Crippen LogP contribution in [0.4, 0.5) is 0 Å². The molecular formula is C12H16N4O3. The molecule has 2 amide bonds. The van der Waals surface area contributed by atoms with E-state index in [1.807, 2.05) is 0 Å². The molecule has 1 aromatic heterocycles. The quantitative estimate of drug-likeness (QED) is 0.744. The van der Waals surface area contributed by atoms with Gasteiger partial charge < -0.3 is 14.5 Å². The Hall–Kier alpha value is -2.02. The van der Waals surface area contributed by atoms with E-state index in [1.165, 1.54) is 17.3 Å². The Morgan fingerprint density at radius 3 is 2.84 bits per heavy atom. The lowest BCUT2D eigenvalue weighted by Crippen LogP contribution is -2.33. The van der Waals surface area contributed by atoms with Gasteiger partial charge in [0.25, 0.3) is 5.91 Å². The molecule has 1 fully saturated rings. The van der Waals surface area contributed by atoms with Crippen LogP contribution in [0, 0.1) is 6.92 Å². The molecule has 0 N–H and O–H groups in total. The van der Waals surface area contributed by atoms with E-state index in [0.29, 0.717) is 13.2 Å². The number of aromatic nitrogens is 2. The molecule has 7 nitrogen and oxygen atoms in total. The number of ether oxygens (including phenoxy) is 1. The predicted octanol–water partition coefficient (Wildman–Crippen LogP) is -0.327. The first-order valence-corrected chi connectivity index (χ1v) is 5.96. The van der Waals surface area contributed by atoms with E-state index in [9.17, 15) is 9.59 Å². The van der Waals surface area contributed by atoms with Crippen LogP contribution in [-0.2, 0) is 9.53 Å². The number of aryl methyl sites for hydroxylation is 1. The average Bonchev–Trinajstić information content (AvgIpc) is 2.78. The summed E-state index contributed by atoms with van der Waals surface area (Å²) in [5.74, 6) is -0.355. The molecule has 0 radical (unpaired) electrons. The molecule has 0 unspecified atom stereocenters. The van der Waals surface area contributed by atoms with Crippen LogP contribution in [0.5, 0.6) is 0 Å². The maximum Gasteiger partial charge on any atom is 0.275 e. The standard InChI is InChI=1S/C12H16N4O3/c1-9-5-14-10(6-13-9)12(18)16-7-11(17)15(8-16)3-4-19-2/h5-6H,3-4,7-8H2,1-2H3. The SMILES string of the molecule is COCCN1CN(C(=O)c2cnc(C)cn2)CC1=O. The topological polar surface area (TPSA) is 75.6 Å². The summed E-state index contributed by atoms with van der Waals surface area (Å²) in [7, 11) is 1.57. The highest BCUT2D eigenvalue weighted by Crippen LogP contribution is 2.10. The maximum atomic E-state index is 12.1. The minimum absolute atomic E-state index is 0.0783. The Bertz CT molecular complexity index is 474. The maximum absolute atomic E-state index is 12.1. The number of hydrogen-bond acceptors (Lipinski definition) is 5. The van der Waals surface area contributed by atoms with Gasteiger partial charge in [0, 0.05) is 19.9 Å². The van der Waals surface area contributed by atoms with E-state index in [1.54, 1.807) is 18.9 Å². The second kappa shape index (κ2) is 5.75. The Morgan fingerprint density at radius 2 is 2.21 bits per heavy atom. The molecule has 102 valence electrons. The monoisotopic (exact) mass is 264 g/mol. The molecule has 2 rings (SSSR count). The van der Waals surface area contributed by atoms with Gasteiger partial charge in [-0.05, 0) is 6.92 Å². The number of carbonyl (C=O) groups excluding carboxylic acids is 2. The van der Waals surface area contributed by atoms with E-state index in [0.717, 1.165) is 5.69 Å². The van der Waals surface area contributed by atoms with Crippen LogP contribution in [-0.4, -0.2) is 65.1 Å². The zero-order valence-corrected chi connectivity index (χ0v) is 11.0. The Kier molecular flexibility index (Phi) is 4.06. The van der Waals surface area contributed by atoms with Gasteiger partial charge in [0.1, 0.15) is 12.2 Å². The highest BCUT2D eigenvalue weighted by Gasteiger charge is 2.31. The first-order chi connectivity index (χ1) is 9.11. The minimum atomic E-state index is -0.277. The van der Waals surface area contributed by atoms with Crippen LogP contribution in [0.15, 0.2) is 12.4 Å². The van der Waals surface area contributed by atoms with Gasteiger partial charge in [-0.3, -0.25) is 14.6 Å². The Balaban J connectivity index is 2.01. The van der Waals surface area contributed by atoms with Gasteiger partial charge in [-0.25, -0.2) is 4.98 Å². The third-order valence-corrected chi connectivity index (χ3v) is 2.87. The lowest BCUT2D eigenvalue weighted by molar-refractivity contribution is -0.127. The molecule has 19 heavy (non-hydrogen) atoms. The van der Waals surface area contributed by atoms with Gasteiger partial charge in [-0.2, -0.15) is 0 Å². The van der Waals surface area contributed by atoms with Gasteiger partial charge in [-0.15, -0.1) is 0 Å². The Morgan fingerprint density at radius 1 is 1.42 bits per heavy atom. The number of amides is 2. The summed E-state index contributed by atoms with van der Waals surface area (Å²) >= 11 is 0. The number of nitrogens with zero attached hydrogens (tertiary/aromatic N) is 4. The lowest BCUT2D eigenvalue weighted by atomic mass is 10.3. The van der Waals surface area contributed by atoms with Gasteiger partial charge >= 0.3 is 0 Å². The van der Waals surface area contributed by atoms with Crippen molar-refractivity contribution in [3.63, 3.8) is 0 Å². The summed E-state index contributed by atoms with van der Waals surface area (Å²) in [4.78, 5) is 35.0. The van der Waals surface area contributed by atoms with E-state index in [4.69, 9.17) is 4.74 Å². The molecule has 1 aliphatic heterocycles. The van der Waals surface area contributed by atoms with Crippen molar-refractivity contribution in [3.8, 4) is 0 Å². The number of hydrogen-bond donors (Lipinski definition) is 0. The van der Waals surface area contributed by atoms with E-state index in [-0.39, 0.29) is 30.7 Å². The van der Waals surface area contributed by atoms with Crippen molar-refractivity contribution in [1.29, 1.82) is 0 Å². The average molecular weight is 264 g/mol. The third kappa shape index (κ3) is 3.05. The van der Waals surface area contributed by atoms with Crippen LogP contribution in [0.2, 0.25) is 0 Å². The van der Waals surface area contributed by atoms with E-state index >= 15 is 0 Å². The summed E-state index contributed by atoms with van der Waals surface area (Å²) in [6, 6.07) is 0. The van der Waals surface area contributed by atoms with Crippen LogP contribution in [0.3, 0.4) is 0 Å². The molecule has 1 aromatic rings. The largest absolute Gasteiger partial charge is 0.383 e. The second-order valence-corrected chi connectivity index (χ2v) is 4.34. The predicted molar refractivity (Wildman–Crippen MR) is 66.3 cm³/mol. The lowest BCUT2D eigenvalue weighted by Gasteiger charge is -2.17. The minimum Gasteiger partial charge on any atom is -0.383 e. The molecule has 1 saturated heterocycles. The fraction of sp³-hybridized carbons (Fsp3) is 0.500. The highest BCUT2D eigenvalue weighted by molar-refractivity contribution is 5.96. The smallest absolute Gasteiger partial charge is 0.275 e. The molecule has 1 aliphatic rings. The molecule has 0 aromatic carbocycles. The van der Waals surface area contributed by atoms with E-state index < -0.39 is 0 Å². The molecule has 7 heteroatoms. The van der Waals surface area contributed by atoms with Crippen LogP contribution < -0.4 is 0 Å². The third-order valence-electron chi connectivity index (χ3n) is 2.87. The fourth-order valence-electron chi connectivity index (χ4n) is 1.80. The van der Waals surface area contributed by atoms with Gasteiger partial charge in [-0.1, -0.05) is 0 Å². The van der Waals surface area contributed by atoms with E-state index in [2.05, 4.69) is 9.97 Å². The normalized spacial score (nSPS) is 15.2. The summed E-state index contributed by atoms with van der Waals surface area (Å²) < 4.78 is 4.93. The summed E-state index contributed by atoms with van der Waals surface area (Å²) in [6.45, 7) is 3.10. The highest BCUT2D eigenvalue weighted by atomic mass is 16.5. The van der Waals surface area contributed by atoms with Crippen LogP contribution in [0.1, 0.15) is 16.2 Å². The van der Waals surface area contributed by atoms with Gasteiger partial charge in [0.05, 0.1) is 25.2 Å². The first kappa shape index (κ1) is 13.4. The zero-order chi connectivity index (χ0) is 13.8. The van der Waals surface area contributed by atoms with Crippen molar-refractivity contribution in [2.24, 2.45) is 0 Å². The molecule has 0 aliphatic carbocycles. The fourth-order valence-corrected chi connectivity index (χ4v) is 1.80. The summed E-state index contributed by atoms with van der Waals surface area (Å²) in [5.41, 5.74) is 1.00. The first-order valence-electron chi connectivity index (χ1n) is 5.96. The van der Waals surface area contributed by atoms with Gasteiger partial charge in [0.15, 0.2) is 0 Å².